The van der Waals surface area contributed by atoms with Crippen LogP contribution in [0.4, 0.5) is 0 Å². The van der Waals surface area contributed by atoms with Crippen LogP contribution in [0.1, 0.15) is 16.2 Å². The van der Waals surface area contributed by atoms with Gasteiger partial charge in [0, 0.05) is 25.6 Å². The Kier molecular flexibility index (Phi) is 6.17. The number of amides is 1. The summed E-state index contributed by atoms with van der Waals surface area (Å²) in [5, 5.41) is 7.03. The lowest BCUT2D eigenvalue weighted by atomic mass is 10.3. The summed E-state index contributed by atoms with van der Waals surface area (Å²) in [4.78, 5) is 11.8. The Bertz CT molecular complexity index is 356. The van der Waals surface area contributed by atoms with Crippen molar-refractivity contribution in [2.24, 2.45) is 0 Å². The van der Waals surface area contributed by atoms with Crippen LogP contribution in [0.15, 0.2) is 10.6 Å². The van der Waals surface area contributed by atoms with E-state index in [1.807, 2.05) is 0 Å². The minimum absolute atomic E-state index is 0.102. The molecule has 1 unspecified atom stereocenters. The smallest absolute Gasteiger partial charge is 0.273 e. The molecule has 0 aromatic carbocycles. The Balaban J connectivity index is 2.55. The van der Waals surface area contributed by atoms with Crippen molar-refractivity contribution in [2.45, 2.75) is 12.6 Å². The molecule has 1 heterocycles. The number of hydrogen-bond acceptors (Lipinski definition) is 5. The van der Waals surface area contributed by atoms with Crippen LogP contribution in [0.5, 0.6) is 0 Å². The summed E-state index contributed by atoms with van der Waals surface area (Å²) < 4.78 is 14.8. The molecule has 17 heavy (non-hydrogen) atoms. The molecule has 1 atom stereocenters. The third kappa shape index (κ3) is 4.45. The normalized spacial score (nSPS) is 12.4. The Morgan fingerprint density at radius 3 is 2.94 bits per heavy atom. The number of ether oxygens (including phenoxy) is 2. The van der Waals surface area contributed by atoms with Gasteiger partial charge in [-0.2, -0.15) is 0 Å². The lowest BCUT2D eigenvalue weighted by molar-refractivity contribution is 0.0898. The van der Waals surface area contributed by atoms with Crippen LogP contribution in [-0.2, 0) is 16.1 Å². The van der Waals surface area contributed by atoms with Crippen molar-refractivity contribution in [1.82, 2.24) is 10.5 Å². The summed E-state index contributed by atoms with van der Waals surface area (Å²) in [7, 11) is 3.12. The fraction of sp³-hybridized carbons (Fsp3) is 0.600. The molecule has 0 aliphatic rings. The predicted molar refractivity (Wildman–Crippen MR) is 64.1 cm³/mol. The van der Waals surface area contributed by atoms with E-state index in [1.54, 1.807) is 20.3 Å². The Morgan fingerprint density at radius 1 is 1.59 bits per heavy atom. The third-order valence-electron chi connectivity index (χ3n) is 1.97. The molecule has 0 fully saturated rings. The highest BCUT2D eigenvalue weighted by Gasteiger charge is 2.16. The van der Waals surface area contributed by atoms with Gasteiger partial charge >= 0.3 is 0 Å². The molecule has 0 bridgehead atoms. The minimum Gasteiger partial charge on any atom is -0.383 e. The van der Waals surface area contributed by atoms with Crippen LogP contribution in [0.25, 0.3) is 0 Å². The summed E-state index contributed by atoms with van der Waals surface area (Å²) >= 11 is 3.29. The monoisotopic (exact) mass is 306 g/mol. The van der Waals surface area contributed by atoms with E-state index in [0.29, 0.717) is 24.3 Å². The minimum atomic E-state index is -0.294. The fourth-order valence-electron chi connectivity index (χ4n) is 1.22. The second kappa shape index (κ2) is 7.41. The first kappa shape index (κ1) is 14.1. The molecule has 1 aromatic rings. The zero-order chi connectivity index (χ0) is 12.7. The van der Waals surface area contributed by atoms with Crippen molar-refractivity contribution in [3.63, 3.8) is 0 Å². The number of carbonyl (C=O) groups is 1. The molecular weight excluding hydrogens is 292 g/mol. The van der Waals surface area contributed by atoms with Crippen molar-refractivity contribution >= 4 is 21.8 Å². The van der Waals surface area contributed by atoms with Gasteiger partial charge in [-0.05, 0) is 0 Å². The fourth-order valence-corrected chi connectivity index (χ4v) is 1.56. The van der Waals surface area contributed by atoms with Crippen LogP contribution >= 0.6 is 15.9 Å². The molecule has 6 nitrogen and oxygen atoms in total. The van der Waals surface area contributed by atoms with Gasteiger partial charge in [-0.1, -0.05) is 21.1 Å². The van der Waals surface area contributed by atoms with Crippen molar-refractivity contribution in [3.8, 4) is 0 Å². The van der Waals surface area contributed by atoms with Gasteiger partial charge in [0.2, 0.25) is 0 Å². The van der Waals surface area contributed by atoms with Crippen LogP contribution < -0.4 is 5.32 Å². The maximum Gasteiger partial charge on any atom is 0.273 e. The zero-order valence-electron chi connectivity index (χ0n) is 9.73. The molecule has 1 aromatic heterocycles. The van der Waals surface area contributed by atoms with Gasteiger partial charge in [0.25, 0.3) is 5.91 Å². The number of nitrogens with one attached hydrogen (secondary N) is 1. The van der Waals surface area contributed by atoms with Crippen molar-refractivity contribution in [3.05, 3.63) is 17.5 Å². The quantitative estimate of drug-likeness (QED) is 0.760. The molecule has 1 rings (SSSR count). The number of aromatic nitrogens is 1. The average Bonchev–Trinajstić information content (AvgIpc) is 2.77. The number of halogens is 1. The number of rotatable bonds is 7. The summed E-state index contributed by atoms with van der Waals surface area (Å²) in [6.07, 6.45) is 0. The van der Waals surface area contributed by atoms with E-state index in [4.69, 9.17) is 14.0 Å². The topological polar surface area (TPSA) is 73.6 Å². The standard InChI is InChI=1S/C10H15BrN2O4/c1-15-5-7(4-11)12-10(14)9-3-8(6-16-2)17-13-9/h3,7H,4-6H2,1-2H3,(H,12,14). The molecule has 0 saturated carbocycles. The molecular formula is C10H15BrN2O4. The highest BCUT2D eigenvalue weighted by Crippen LogP contribution is 2.05. The maximum atomic E-state index is 11.8. The van der Waals surface area contributed by atoms with Gasteiger partial charge in [0.15, 0.2) is 11.5 Å². The molecule has 0 saturated heterocycles. The van der Waals surface area contributed by atoms with Crippen molar-refractivity contribution < 1.29 is 18.8 Å². The first-order valence-corrected chi connectivity index (χ1v) is 6.13. The molecule has 0 spiro atoms. The summed E-state index contributed by atoms with van der Waals surface area (Å²) in [5.74, 6) is 0.220. The SMILES string of the molecule is COCc1cc(C(=O)NC(CBr)COC)no1. The van der Waals surface area contributed by atoms with Crippen LogP contribution in [0.2, 0.25) is 0 Å². The summed E-state index contributed by atoms with van der Waals surface area (Å²) in [6.45, 7) is 0.722. The molecule has 0 radical (unpaired) electrons. The van der Waals surface area contributed by atoms with Crippen LogP contribution in [0, 0.1) is 0 Å². The summed E-state index contributed by atoms with van der Waals surface area (Å²) in [5.41, 5.74) is 0.235. The molecule has 0 aliphatic carbocycles. The van der Waals surface area contributed by atoms with E-state index in [-0.39, 0.29) is 17.6 Å². The Labute approximate surface area is 108 Å². The first-order chi connectivity index (χ1) is 8.21. The second-order valence-corrected chi connectivity index (χ2v) is 4.04. The van der Waals surface area contributed by atoms with Gasteiger partial charge in [-0.25, -0.2) is 0 Å². The molecule has 96 valence electrons. The molecule has 7 heteroatoms. The molecule has 1 amide bonds. The second-order valence-electron chi connectivity index (χ2n) is 3.39. The highest BCUT2D eigenvalue weighted by molar-refractivity contribution is 9.09. The largest absolute Gasteiger partial charge is 0.383 e. The van der Waals surface area contributed by atoms with Gasteiger partial charge in [-0.3, -0.25) is 4.79 Å². The van der Waals surface area contributed by atoms with E-state index in [1.165, 1.54) is 0 Å². The van der Waals surface area contributed by atoms with E-state index in [9.17, 15) is 4.79 Å². The van der Waals surface area contributed by atoms with Crippen LogP contribution in [-0.4, -0.2) is 43.3 Å². The van der Waals surface area contributed by atoms with E-state index >= 15 is 0 Å². The van der Waals surface area contributed by atoms with Crippen molar-refractivity contribution in [1.29, 1.82) is 0 Å². The average molecular weight is 307 g/mol. The third-order valence-corrected chi connectivity index (χ3v) is 2.75. The van der Waals surface area contributed by atoms with Gasteiger partial charge in [-0.15, -0.1) is 0 Å². The number of hydrogen-bond donors (Lipinski definition) is 1. The van der Waals surface area contributed by atoms with Gasteiger partial charge in [0.1, 0.15) is 6.61 Å². The first-order valence-electron chi connectivity index (χ1n) is 5.01. The zero-order valence-corrected chi connectivity index (χ0v) is 11.3. The number of nitrogens with zero attached hydrogens (tertiary/aromatic N) is 1. The Morgan fingerprint density at radius 2 is 2.35 bits per heavy atom. The van der Waals surface area contributed by atoms with E-state index in [0.717, 1.165) is 0 Å². The summed E-state index contributed by atoms with van der Waals surface area (Å²) in [6, 6.07) is 1.45. The Hall–Kier alpha value is -0.920. The van der Waals surface area contributed by atoms with Gasteiger partial charge in [0.05, 0.1) is 12.6 Å². The number of carbonyl (C=O) groups excluding carboxylic acids is 1. The lowest BCUT2D eigenvalue weighted by Gasteiger charge is -2.13. The van der Waals surface area contributed by atoms with E-state index in [2.05, 4.69) is 26.4 Å². The molecule has 0 aliphatic heterocycles. The van der Waals surface area contributed by atoms with Crippen LogP contribution in [0.3, 0.4) is 0 Å². The van der Waals surface area contributed by atoms with E-state index < -0.39 is 0 Å². The lowest BCUT2D eigenvalue weighted by Crippen LogP contribution is -2.39. The van der Waals surface area contributed by atoms with Gasteiger partial charge < -0.3 is 19.3 Å². The number of alkyl halides is 1. The predicted octanol–water partition coefficient (Wildman–Crippen LogP) is 0.961. The highest BCUT2D eigenvalue weighted by atomic mass is 79.9. The number of methoxy groups -OCH3 is 2. The maximum absolute atomic E-state index is 11.8. The van der Waals surface area contributed by atoms with Crippen molar-refractivity contribution in [2.75, 3.05) is 26.2 Å². The molecule has 1 N–H and O–H groups in total.